The highest BCUT2D eigenvalue weighted by Gasteiger charge is 2.60. The summed E-state index contributed by atoms with van der Waals surface area (Å²) in [6.07, 6.45) is 14.1. The Labute approximate surface area is 218 Å². The topological polar surface area (TPSA) is 62.6 Å². The van der Waals surface area contributed by atoms with Crippen LogP contribution in [0.15, 0.2) is 36.0 Å². The summed E-state index contributed by atoms with van der Waals surface area (Å²) in [6.45, 7) is 11.9. The van der Waals surface area contributed by atoms with Crippen molar-refractivity contribution in [3.05, 3.63) is 41.7 Å². The van der Waals surface area contributed by atoms with Crippen LogP contribution >= 0.6 is 0 Å². The molecule has 0 bridgehead atoms. The van der Waals surface area contributed by atoms with E-state index in [4.69, 9.17) is 4.74 Å². The molecule has 4 aliphatic rings. The molecule has 0 unspecified atom stereocenters. The molecule has 2 N–H and O–H groups in total. The first-order valence-electron chi connectivity index (χ1n) is 14.7. The Kier molecular flexibility index (Phi) is 7.20. The second-order valence-corrected chi connectivity index (χ2v) is 13.9. The van der Waals surface area contributed by atoms with Crippen LogP contribution in [0.1, 0.15) is 98.1 Å². The second-order valence-electron chi connectivity index (χ2n) is 13.9. The molecule has 0 amide bonds. The third-order valence-electron chi connectivity index (χ3n) is 11.3. The Morgan fingerprint density at radius 1 is 1.11 bits per heavy atom. The smallest absolute Gasteiger partial charge is 0.102 e. The summed E-state index contributed by atoms with van der Waals surface area (Å²) in [5, 5.41) is 21.7. The monoisotopic (exact) mass is 495 g/mol. The summed E-state index contributed by atoms with van der Waals surface area (Å²) >= 11 is 0. The molecule has 4 aliphatic carbocycles. The Morgan fingerprint density at radius 3 is 2.64 bits per heavy atom. The highest BCUT2D eigenvalue weighted by Crippen LogP contribution is 2.67. The minimum atomic E-state index is -0.564. The molecular weight excluding hydrogens is 446 g/mol. The fourth-order valence-electron chi connectivity index (χ4n) is 9.31. The van der Waals surface area contributed by atoms with Gasteiger partial charge in [0, 0.05) is 6.20 Å². The molecule has 200 valence electrons. The highest BCUT2D eigenvalue weighted by molar-refractivity contribution is 5.29. The lowest BCUT2D eigenvalue weighted by Gasteiger charge is -2.59. The van der Waals surface area contributed by atoms with Crippen molar-refractivity contribution in [3.63, 3.8) is 0 Å². The van der Waals surface area contributed by atoms with E-state index in [0.717, 1.165) is 55.6 Å². The fourth-order valence-corrected chi connectivity index (χ4v) is 9.31. The van der Waals surface area contributed by atoms with E-state index in [1.165, 1.54) is 31.3 Å². The van der Waals surface area contributed by atoms with Gasteiger partial charge in [0.25, 0.3) is 0 Å². The van der Waals surface area contributed by atoms with E-state index in [-0.39, 0.29) is 11.5 Å². The van der Waals surface area contributed by atoms with Gasteiger partial charge in [-0.1, -0.05) is 32.9 Å². The van der Waals surface area contributed by atoms with Crippen LogP contribution in [0.3, 0.4) is 0 Å². The molecule has 3 saturated carbocycles. The number of hydrogen-bond acceptors (Lipinski definition) is 4. The number of ether oxygens (including phenoxy) is 1. The van der Waals surface area contributed by atoms with Gasteiger partial charge in [0.05, 0.1) is 24.0 Å². The van der Waals surface area contributed by atoms with Gasteiger partial charge in [0.2, 0.25) is 0 Å². The van der Waals surface area contributed by atoms with Crippen LogP contribution in [-0.4, -0.2) is 33.0 Å². The largest absolute Gasteiger partial charge is 0.390 e. The van der Waals surface area contributed by atoms with E-state index in [1.54, 1.807) is 6.20 Å². The molecule has 3 fully saturated rings. The Bertz CT molecular complexity index is 938. The number of aromatic nitrogens is 1. The number of pyridine rings is 1. The summed E-state index contributed by atoms with van der Waals surface area (Å²) < 4.78 is 6.21. The van der Waals surface area contributed by atoms with Crippen LogP contribution in [0.5, 0.6) is 0 Å². The van der Waals surface area contributed by atoms with Crippen molar-refractivity contribution in [3.8, 4) is 0 Å². The molecule has 4 nitrogen and oxygen atoms in total. The minimum absolute atomic E-state index is 0.0964. The van der Waals surface area contributed by atoms with Gasteiger partial charge in [0.15, 0.2) is 0 Å². The van der Waals surface area contributed by atoms with Crippen molar-refractivity contribution < 1.29 is 14.9 Å². The van der Waals surface area contributed by atoms with E-state index in [0.29, 0.717) is 23.9 Å². The summed E-state index contributed by atoms with van der Waals surface area (Å²) in [5.74, 6) is 3.64. The first-order chi connectivity index (χ1) is 17.0. The van der Waals surface area contributed by atoms with Crippen molar-refractivity contribution in [1.29, 1.82) is 0 Å². The van der Waals surface area contributed by atoms with E-state index in [9.17, 15) is 10.2 Å². The number of allylic oxidation sites excluding steroid dienone is 1. The predicted octanol–water partition coefficient (Wildman–Crippen LogP) is 6.70. The molecule has 0 saturated heterocycles. The summed E-state index contributed by atoms with van der Waals surface area (Å²) in [6, 6.07) is 5.90. The molecule has 0 spiro atoms. The Morgan fingerprint density at radius 2 is 1.92 bits per heavy atom. The average Bonchev–Trinajstić information content (AvgIpc) is 3.19. The lowest BCUT2D eigenvalue weighted by atomic mass is 9.46. The predicted molar refractivity (Wildman–Crippen MR) is 144 cm³/mol. The normalized spacial score (nSPS) is 41.1. The molecule has 0 radical (unpaired) electrons. The van der Waals surface area contributed by atoms with Gasteiger partial charge in [-0.05, 0) is 130 Å². The number of aliphatic hydroxyl groups is 2. The molecule has 9 atom stereocenters. The van der Waals surface area contributed by atoms with Crippen LogP contribution in [-0.2, 0) is 11.3 Å². The van der Waals surface area contributed by atoms with Crippen molar-refractivity contribution in [2.24, 2.45) is 40.4 Å². The summed E-state index contributed by atoms with van der Waals surface area (Å²) in [5.41, 5.74) is 2.14. The van der Waals surface area contributed by atoms with Crippen molar-refractivity contribution in [2.75, 3.05) is 0 Å². The lowest BCUT2D eigenvalue weighted by Crippen LogP contribution is -2.54. The van der Waals surface area contributed by atoms with Gasteiger partial charge in [-0.2, -0.15) is 0 Å². The van der Waals surface area contributed by atoms with Crippen LogP contribution < -0.4 is 0 Å². The van der Waals surface area contributed by atoms with Gasteiger partial charge in [-0.3, -0.25) is 4.98 Å². The van der Waals surface area contributed by atoms with Crippen molar-refractivity contribution in [2.45, 2.75) is 117 Å². The maximum atomic E-state index is 11.4. The Balaban J connectivity index is 1.29. The van der Waals surface area contributed by atoms with Gasteiger partial charge in [-0.25, -0.2) is 0 Å². The maximum absolute atomic E-state index is 11.4. The summed E-state index contributed by atoms with van der Waals surface area (Å²) in [4.78, 5) is 4.38. The first kappa shape index (κ1) is 26.4. The van der Waals surface area contributed by atoms with Gasteiger partial charge in [0.1, 0.15) is 6.10 Å². The summed E-state index contributed by atoms with van der Waals surface area (Å²) in [7, 11) is 0. The zero-order chi connectivity index (χ0) is 25.7. The minimum Gasteiger partial charge on any atom is -0.390 e. The van der Waals surface area contributed by atoms with Crippen LogP contribution in [0.4, 0.5) is 0 Å². The van der Waals surface area contributed by atoms with Gasteiger partial charge in [-0.15, -0.1) is 0 Å². The van der Waals surface area contributed by atoms with Crippen LogP contribution in [0.2, 0.25) is 0 Å². The molecule has 1 aromatic rings. The fraction of sp³-hybridized carbons (Fsp3) is 0.781. The van der Waals surface area contributed by atoms with Gasteiger partial charge >= 0.3 is 0 Å². The number of hydrogen-bond donors (Lipinski definition) is 2. The quantitative estimate of drug-likeness (QED) is 0.413. The zero-order valence-electron chi connectivity index (χ0n) is 23.2. The molecule has 5 rings (SSSR count). The standard InChI is InChI=1S/C32H49NO3/c1-21(13-16-30(2,3)35)24-11-12-25-23-9-10-27-29(34)28(36-20-22-8-6-7-19-33-22)15-18-32(27,5)26(23)14-17-31(24,25)4/h6-8,10,19,21,23-26,28-29,34-35H,9,11-18,20H2,1-5H3/t21-,23+,24-,25+,26+,28+,29-,31-,32-/m1/s1. The number of aliphatic hydroxyl groups excluding tert-OH is 1. The number of fused-ring (bicyclic) bond motifs is 5. The number of rotatable bonds is 7. The van der Waals surface area contributed by atoms with E-state index in [2.05, 4.69) is 31.8 Å². The lowest BCUT2D eigenvalue weighted by molar-refractivity contribution is -0.101. The van der Waals surface area contributed by atoms with Crippen LogP contribution in [0.25, 0.3) is 0 Å². The molecule has 1 heterocycles. The third kappa shape index (κ3) is 4.71. The molecule has 4 heteroatoms. The van der Waals surface area contributed by atoms with Crippen molar-refractivity contribution in [1.82, 2.24) is 4.98 Å². The molecule has 0 aromatic carbocycles. The third-order valence-corrected chi connectivity index (χ3v) is 11.3. The van der Waals surface area contributed by atoms with Crippen LogP contribution in [0, 0.1) is 40.4 Å². The average molecular weight is 496 g/mol. The SMILES string of the molecule is C[C@H](CCC(C)(C)O)[C@H]1CC[C@H]2[C@@H]3CC=C4[C@@H](O)[C@@H](OCc5ccccn5)CC[C@]4(C)[C@H]3CC[C@]12C. The highest BCUT2D eigenvalue weighted by atomic mass is 16.5. The first-order valence-corrected chi connectivity index (χ1v) is 14.7. The second kappa shape index (κ2) is 9.82. The van der Waals surface area contributed by atoms with Gasteiger partial charge < -0.3 is 14.9 Å². The molecular formula is C32H49NO3. The molecule has 1 aromatic heterocycles. The zero-order valence-corrected chi connectivity index (χ0v) is 23.2. The van der Waals surface area contributed by atoms with E-state index in [1.807, 2.05) is 32.0 Å². The Hall–Kier alpha value is -1.23. The molecule has 0 aliphatic heterocycles. The number of nitrogens with zero attached hydrogens (tertiary/aromatic N) is 1. The maximum Gasteiger partial charge on any atom is 0.102 e. The molecule has 36 heavy (non-hydrogen) atoms. The van der Waals surface area contributed by atoms with E-state index < -0.39 is 11.7 Å². The van der Waals surface area contributed by atoms with Crippen molar-refractivity contribution >= 4 is 0 Å². The van der Waals surface area contributed by atoms with E-state index >= 15 is 0 Å².